The standard InChI is InChI=1S/C13H19N7O2S/c1-8-14-12(18-16-8)9-4-3-5-20(9)6-10(21)15-13-19-17-11(23-13)7-22-2/h9H,3-7H2,1-2H3,(H,14,16,18)(H,15,19,21)/t9-/m1/s1. The lowest BCUT2D eigenvalue weighted by Gasteiger charge is -2.20. The molecule has 3 rings (SSSR count). The van der Waals surface area contributed by atoms with Crippen LogP contribution in [-0.2, 0) is 16.1 Å². The first kappa shape index (κ1) is 16.0. The largest absolute Gasteiger partial charge is 0.377 e. The number of carbonyl (C=O) groups is 1. The van der Waals surface area contributed by atoms with Gasteiger partial charge in [-0.3, -0.25) is 20.1 Å². The minimum absolute atomic E-state index is 0.0872. The van der Waals surface area contributed by atoms with Crippen molar-refractivity contribution in [3.63, 3.8) is 0 Å². The molecule has 1 aliphatic heterocycles. The second-order valence-electron chi connectivity index (χ2n) is 5.39. The topological polar surface area (TPSA) is 109 Å². The highest BCUT2D eigenvalue weighted by Gasteiger charge is 2.30. The van der Waals surface area contributed by atoms with Gasteiger partial charge in [-0.2, -0.15) is 5.10 Å². The maximum atomic E-state index is 12.2. The Hall–Kier alpha value is -1.91. The van der Waals surface area contributed by atoms with Crippen LogP contribution in [0.5, 0.6) is 0 Å². The Morgan fingerprint density at radius 3 is 3.13 bits per heavy atom. The lowest BCUT2D eigenvalue weighted by molar-refractivity contribution is -0.117. The van der Waals surface area contributed by atoms with Gasteiger partial charge in [-0.1, -0.05) is 11.3 Å². The Morgan fingerprint density at radius 1 is 1.52 bits per heavy atom. The van der Waals surface area contributed by atoms with Gasteiger partial charge in [0.15, 0.2) is 5.82 Å². The van der Waals surface area contributed by atoms with Crippen LogP contribution in [0.2, 0.25) is 0 Å². The number of H-pyrrole nitrogens is 1. The van der Waals surface area contributed by atoms with Crippen molar-refractivity contribution >= 4 is 22.4 Å². The number of nitrogens with one attached hydrogen (secondary N) is 2. The van der Waals surface area contributed by atoms with E-state index in [1.165, 1.54) is 11.3 Å². The highest BCUT2D eigenvalue weighted by atomic mass is 32.1. The smallest absolute Gasteiger partial charge is 0.240 e. The van der Waals surface area contributed by atoms with E-state index in [-0.39, 0.29) is 18.5 Å². The quantitative estimate of drug-likeness (QED) is 0.805. The molecule has 0 aliphatic carbocycles. The average molecular weight is 337 g/mol. The predicted molar refractivity (Wildman–Crippen MR) is 83.9 cm³/mol. The number of methoxy groups -OCH3 is 1. The van der Waals surface area contributed by atoms with E-state index in [0.717, 1.165) is 36.0 Å². The normalized spacial score (nSPS) is 18.4. The van der Waals surface area contributed by atoms with Crippen LogP contribution in [-0.4, -0.2) is 56.4 Å². The van der Waals surface area contributed by atoms with Gasteiger partial charge in [0.05, 0.1) is 12.6 Å². The molecule has 0 aromatic carbocycles. The van der Waals surface area contributed by atoms with Crippen LogP contribution in [0.15, 0.2) is 0 Å². The summed E-state index contributed by atoms with van der Waals surface area (Å²) in [6, 6.07) is 0.0872. The Labute approximate surface area is 137 Å². The Balaban J connectivity index is 1.58. The van der Waals surface area contributed by atoms with Gasteiger partial charge in [-0.25, -0.2) is 4.98 Å². The fourth-order valence-electron chi connectivity index (χ4n) is 2.65. The molecule has 0 unspecified atom stereocenters. The molecule has 1 fully saturated rings. The van der Waals surface area contributed by atoms with Gasteiger partial charge < -0.3 is 4.74 Å². The summed E-state index contributed by atoms with van der Waals surface area (Å²) in [5.41, 5.74) is 0. The van der Waals surface area contributed by atoms with Crippen LogP contribution in [0.4, 0.5) is 5.13 Å². The molecule has 1 aliphatic rings. The summed E-state index contributed by atoms with van der Waals surface area (Å²) in [6.07, 6.45) is 1.99. The third-order valence-electron chi connectivity index (χ3n) is 3.60. The number of likely N-dealkylation sites (tertiary alicyclic amines) is 1. The van der Waals surface area contributed by atoms with Crippen molar-refractivity contribution in [1.29, 1.82) is 0 Å². The molecule has 0 bridgehead atoms. The lowest BCUT2D eigenvalue weighted by Crippen LogP contribution is -2.33. The summed E-state index contributed by atoms with van der Waals surface area (Å²) < 4.78 is 4.99. The van der Waals surface area contributed by atoms with Crippen molar-refractivity contribution in [3.8, 4) is 0 Å². The van der Waals surface area contributed by atoms with Gasteiger partial charge in [-0.15, -0.1) is 10.2 Å². The van der Waals surface area contributed by atoms with E-state index in [4.69, 9.17) is 4.74 Å². The molecule has 1 atom stereocenters. The molecular formula is C13H19N7O2S. The molecule has 2 aromatic rings. The van der Waals surface area contributed by atoms with Crippen molar-refractivity contribution in [1.82, 2.24) is 30.3 Å². The summed E-state index contributed by atoms with van der Waals surface area (Å²) in [7, 11) is 1.60. The third kappa shape index (κ3) is 3.89. The molecule has 2 aromatic heterocycles. The zero-order valence-electron chi connectivity index (χ0n) is 13.1. The van der Waals surface area contributed by atoms with Crippen LogP contribution in [0.1, 0.15) is 35.5 Å². The Kier molecular flexibility index (Phi) is 4.94. The average Bonchev–Trinajstić information content (AvgIpc) is 3.21. The number of hydrogen-bond acceptors (Lipinski definition) is 8. The van der Waals surface area contributed by atoms with Gasteiger partial charge in [0.2, 0.25) is 11.0 Å². The van der Waals surface area contributed by atoms with Crippen molar-refractivity contribution in [2.75, 3.05) is 25.5 Å². The predicted octanol–water partition coefficient (Wildman–Crippen LogP) is 0.887. The molecule has 2 N–H and O–H groups in total. The van der Waals surface area contributed by atoms with E-state index in [0.29, 0.717) is 11.7 Å². The number of rotatable bonds is 6. The number of carbonyl (C=O) groups excluding carboxylic acids is 1. The van der Waals surface area contributed by atoms with Gasteiger partial charge in [0, 0.05) is 7.11 Å². The molecule has 1 saturated heterocycles. The number of ether oxygens (including phenoxy) is 1. The van der Waals surface area contributed by atoms with Crippen LogP contribution in [0.3, 0.4) is 0 Å². The molecule has 124 valence electrons. The fraction of sp³-hybridized carbons (Fsp3) is 0.615. The van der Waals surface area contributed by atoms with Crippen LogP contribution >= 0.6 is 11.3 Å². The van der Waals surface area contributed by atoms with Crippen LogP contribution in [0, 0.1) is 6.92 Å². The third-order valence-corrected chi connectivity index (χ3v) is 4.42. The summed E-state index contributed by atoms with van der Waals surface area (Å²) in [4.78, 5) is 18.7. The van der Waals surface area contributed by atoms with Crippen LogP contribution < -0.4 is 5.32 Å². The van der Waals surface area contributed by atoms with Crippen LogP contribution in [0.25, 0.3) is 0 Å². The molecule has 23 heavy (non-hydrogen) atoms. The Bertz CT molecular complexity index is 671. The highest BCUT2D eigenvalue weighted by Crippen LogP contribution is 2.29. The second kappa shape index (κ2) is 7.11. The fourth-order valence-corrected chi connectivity index (χ4v) is 3.37. The van der Waals surface area contributed by atoms with Gasteiger partial charge >= 0.3 is 0 Å². The summed E-state index contributed by atoms with van der Waals surface area (Å²) in [6.45, 7) is 3.41. The van der Waals surface area contributed by atoms with Crippen molar-refractivity contribution in [2.24, 2.45) is 0 Å². The zero-order valence-corrected chi connectivity index (χ0v) is 13.9. The summed E-state index contributed by atoms with van der Waals surface area (Å²) >= 11 is 1.32. The number of aryl methyl sites for hydroxylation is 1. The first-order valence-corrected chi connectivity index (χ1v) is 8.21. The first-order valence-electron chi connectivity index (χ1n) is 7.40. The minimum Gasteiger partial charge on any atom is -0.377 e. The monoisotopic (exact) mass is 337 g/mol. The van der Waals surface area contributed by atoms with E-state index in [9.17, 15) is 4.79 Å². The molecule has 3 heterocycles. The van der Waals surface area contributed by atoms with E-state index >= 15 is 0 Å². The Morgan fingerprint density at radius 2 is 2.39 bits per heavy atom. The number of hydrogen-bond donors (Lipinski definition) is 2. The number of nitrogens with zero attached hydrogens (tertiary/aromatic N) is 5. The van der Waals surface area contributed by atoms with E-state index in [1.807, 2.05) is 6.92 Å². The first-order chi connectivity index (χ1) is 11.2. The maximum absolute atomic E-state index is 12.2. The van der Waals surface area contributed by atoms with Gasteiger partial charge in [0.25, 0.3) is 0 Å². The van der Waals surface area contributed by atoms with E-state index in [2.05, 4.69) is 35.6 Å². The van der Waals surface area contributed by atoms with E-state index < -0.39 is 0 Å². The minimum atomic E-state index is -0.107. The molecule has 0 saturated carbocycles. The molecule has 10 heteroatoms. The summed E-state index contributed by atoms with van der Waals surface area (Å²) in [5.74, 6) is 1.44. The number of aromatic nitrogens is 5. The molecule has 0 spiro atoms. The van der Waals surface area contributed by atoms with E-state index in [1.54, 1.807) is 7.11 Å². The second-order valence-corrected chi connectivity index (χ2v) is 6.45. The zero-order chi connectivity index (χ0) is 16.2. The number of aromatic amines is 1. The number of anilines is 1. The highest BCUT2D eigenvalue weighted by molar-refractivity contribution is 7.15. The summed E-state index contributed by atoms with van der Waals surface area (Å²) in [5, 5.41) is 19.0. The van der Waals surface area contributed by atoms with Gasteiger partial charge in [0.1, 0.15) is 17.4 Å². The SMILES string of the molecule is COCc1nnc(NC(=O)CN2CCC[C@@H]2c2n[nH]c(C)n2)s1. The number of amides is 1. The van der Waals surface area contributed by atoms with Crippen molar-refractivity contribution in [2.45, 2.75) is 32.4 Å². The van der Waals surface area contributed by atoms with Gasteiger partial charge in [-0.05, 0) is 26.3 Å². The maximum Gasteiger partial charge on any atom is 0.240 e. The molecule has 0 radical (unpaired) electrons. The van der Waals surface area contributed by atoms with Crippen molar-refractivity contribution < 1.29 is 9.53 Å². The molecule has 1 amide bonds. The van der Waals surface area contributed by atoms with Crippen molar-refractivity contribution in [3.05, 3.63) is 16.7 Å². The molecular weight excluding hydrogens is 318 g/mol. The lowest BCUT2D eigenvalue weighted by atomic mass is 10.2. The molecule has 9 nitrogen and oxygen atoms in total.